The molecule has 1 aliphatic heterocycles. The number of anilines is 1. The third-order valence-electron chi connectivity index (χ3n) is 6.55. The van der Waals surface area contributed by atoms with E-state index in [-0.39, 0.29) is 23.5 Å². The van der Waals surface area contributed by atoms with E-state index >= 15 is 0 Å². The zero-order valence-electron chi connectivity index (χ0n) is 16.1. The van der Waals surface area contributed by atoms with Crippen LogP contribution in [0.1, 0.15) is 30.1 Å². The van der Waals surface area contributed by atoms with Gasteiger partial charge in [-0.2, -0.15) is 0 Å². The maximum absolute atomic E-state index is 13.2. The molecule has 1 N–H and O–H groups in total. The summed E-state index contributed by atoms with van der Waals surface area (Å²) in [6.45, 7) is 4.16. The third-order valence-corrected chi connectivity index (χ3v) is 6.55. The van der Waals surface area contributed by atoms with Crippen LogP contribution >= 0.6 is 0 Å². The van der Waals surface area contributed by atoms with Crippen LogP contribution in [0.3, 0.4) is 0 Å². The van der Waals surface area contributed by atoms with Crippen molar-refractivity contribution in [2.45, 2.75) is 19.8 Å². The molecule has 4 unspecified atom stereocenters. The van der Waals surface area contributed by atoms with Crippen LogP contribution in [0.5, 0.6) is 0 Å². The Morgan fingerprint density at radius 3 is 1.96 bits per heavy atom. The predicted molar refractivity (Wildman–Crippen MR) is 105 cm³/mol. The standard InChI is InChI=1S/C22H26N2O4/c1-14(25)15-6-8-18(9-7-15)23-10-12-24(13-11-23)21(26)19-16-2-4-17(5-3-16)20(19)22(27)28/h2,4,6-9,16-17,19-20H,3,5,10-13H2,1H3,(H,27,28). The highest BCUT2D eigenvalue weighted by Gasteiger charge is 2.49. The van der Waals surface area contributed by atoms with Gasteiger partial charge < -0.3 is 14.9 Å². The molecular weight excluding hydrogens is 356 g/mol. The van der Waals surface area contributed by atoms with Gasteiger partial charge in [-0.15, -0.1) is 0 Å². The number of carboxylic acid groups (broad SMARTS) is 1. The normalized spacial score (nSPS) is 29.0. The Labute approximate surface area is 164 Å². The number of aliphatic carboxylic acids is 1. The number of piperazine rings is 1. The van der Waals surface area contributed by atoms with Gasteiger partial charge in [0.25, 0.3) is 0 Å². The van der Waals surface area contributed by atoms with Crippen molar-refractivity contribution in [2.75, 3.05) is 31.1 Å². The lowest BCUT2D eigenvalue weighted by atomic mass is 9.62. The number of carbonyl (C=O) groups excluding carboxylic acids is 2. The third kappa shape index (κ3) is 3.32. The summed E-state index contributed by atoms with van der Waals surface area (Å²) >= 11 is 0. The number of hydrogen-bond acceptors (Lipinski definition) is 4. The van der Waals surface area contributed by atoms with Crippen LogP contribution in [0.15, 0.2) is 36.4 Å². The molecule has 0 radical (unpaired) electrons. The second-order valence-electron chi connectivity index (χ2n) is 8.10. The lowest BCUT2D eigenvalue weighted by Crippen LogP contribution is -2.55. The monoisotopic (exact) mass is 382 g/mol. The number of Topliss-reactive ketones (excluding diaryl/α,β-unsaturated/α-hetero) is 1. The van der Waals surface area contributed by atoms with E-state index in [9.17, 15) is 19.5 Å². The second kappa shape index (κ2) is 7.41. The number of rotatable bonds is 4. The van der Waals surface area contributed by atoms with E-state index in [4.69, 9.17) is 0 Å². The van der Waals surface area contributed by atoms with Gasteiger partial charge >= 0.3 is 5.97 Å². The van der Waals surface area contributed by atoms with Crippen LogP contribution in [0.25, 0.3) is 0 Å². The first-order chi connectivity index (χ1) is 13.5. The highest BCUT2D eigenvalue weighted by molar-refractivity contribution is 5.94. The van der Waals surface area contributed by atoms with E-state index < -0.39 is 17.8 Å². The van der Waals surface area contributed by atoms with Crippen molar-refractivity contribution in [2.24, 2.45) is 23.7 Å². The van der Waals surface area contributed by atoms with Crippen LogP contribution < -0.4 is 4.90 Å². The van der Waals surface area contributed by atoms with E-state index in [1.807, 2.05) is 35.2 Å². The van der Waals surface area contributed by atoms with Gasteiger partial charge in [0.2, 0.25) is 5.91 Å². The highest BCUT2D eigenvalue weighted by atomic mass is 16.4. The molecule has 1 saturated carbocycles. The van der Waals surface area contributed by atoms with Gasteiger partial charge in [0.15, 0.2) is 5.78 Å². The van der Waals surface area contributed by atoms with Crippen molar-refractivity contribution in [1.82, 2.24) is 4.90 Å². The van der Waals surface area contributed by atoms with Crippen molar-refractivity contribution in [3.63, 3.8) is 0 Å². The zero-order valence-corrected chi connectivity index (χ0v) is 16.1. The van der Waals surface area contributed by atoms with Crippen LogP contribution in [0, 0.1) is 23.7 Å². The predicted octanol–water partition coefficient (Wildman–Crippen LogP) is 2.45. The summed E-state index contributed by atoms with van der Waals surface area (Å²) in [6, 6.07) is 7.55. The molecule has 6 heteroatoms. The molecule has 4 aliphatic rings. The van der Waals surface area contributed by atoms with Crippen LogP contribution in [-0.2, 0) is 9.59 Å². The fourth-order valence-corrected chi connectivity index (χ4v) is 4.97. The molecule has 1 amide bonds. The first kappa shape index (κ1) is 18.7. The van der Waals surface area contributed by atoms with Crippen LogP contribution in [0.2, 0.25) is 0 Å². The lowest BCUT2D eigenvalue weighted by molar-refractivity contribution is -0.156. The van der Waals surface area contributed by atoms with Crippen molar-refractivity contribution in [3.05, 3.63) is 42.0 Å². The first-order valence-electron chi connectivity index (χ1n) is 10.0. The first-order valence-corrected chi connectivity index (χ1v) is 10.0. The highest BCUT2D eigenvalue weighted by Crippen LogP contribution is 2.45. The van der Waals surface area contributed by atoms with Gasteiger partial charge in [0.05, 0.1) is 11.8 Å². The van der Waals surface area contributed by atoms with Crippen LogP contribution in [0.4, 0.5) is 5.69 Å². The number of fused-ring (bicyclic) bond motifs is 2. The number of amides is 1. The van der Waals surface area contributed by atoms with E-state index in [2.05, 4.69) is 11.0 Å². The van der Waals surface area contributed by atoms with E-state index in [0.717, 1.165) is 18.5 Å². The van der Waals surface area contributed by atoms with Gasteiger partial charge in [-0.25, -0.2) is 0 Å². The Kier molecular flexibility index (Phi) is 4.96. The average molecular weight is 382 g/mol. The molecule has 0 spiro atoms. The molecule has 6 nitrogen and oxygen atoms in total. The maximum Gasteiger partial charge on any atom is 0.307 e. The van der Waals surface area contributed by atoms with Gasteiger partial charge in [-0.05, 0) is 55.9 Å². The largest absolute Gasteiger partial charge is 0.481 e. The lowest BCUT2D eigenvalue weighted by Gasteiger charge is -2.45. The number of benzene rings is 1. The maximum atomic E-state index is 13.2. The van der Waals surface area contributed by atoms with E-state index in [1.54, 1.807) is 6.92 Å². The summed E-state index contributed by atoms with van der Waals surface area (Å²) in [5, 5.41) is 9.69. The summed E-state index contributed by atoms with van der Waals surface area (Å²) < 4.78 is 0. The minimum Gasteiger partial charge on any atom is -0.481 e. The fourth-order valence-electron chi connectivity index (χ4n) is 4.97. The van der Waals surface area contributed by atoms with Gasteiger partial charge in [-0.1, -0.05) is 12.2 Å². The van der Waals surface area contributed by atoms with Crippen LogP contribution in [-0.4, -0.2) is 53.8 Å². The SMILES string of the molecule is CC(=O)c1ccc(N2CCN(C(=O)C3C4C=CC(CC4)C3C(=O)O)CC2)cc1. The molecule has 3 aliphatic carbocycles. The Balaban J connectivity index is 1.42. The minimum absolute atomic E-state index is 0.00183. The van der Waals surface area contributed by atoms with Gasteiger partial charge in [0.1, 0.15) is 0 Å². The molecule has 28 heavy (non-hydrogen) atoms. The quantitative estimate of drug-likeness (QED) is 0.639. The zero-order chi connectivity index (χ0) is 19.8. The fraction of sp³-hybridized carbons (Fsp3) is 0.500. The Morgan fingerprint density at radius 1 is 0.893 bits per heavy atom. The van der Waals surface area contributed by atoms with Crippen molar-refractivity contribution in [1.29, 1.82) is 0 Å². The number of ketones is 1. The second-order valence-corrected chi connectivity index (χ2v) is 8.10. The van der Waals surface area contributed by atoms with Crippen molar-refractivity contribution in [3.8, 4) is 0 Å². The summed E-state index contributed by atoms with van der Waals surface area (Å²) in [4.78, 5) is 40.5. The minimum atomic E-state index is -0.846. The average Bonchev–Trinajstić information content (AvgIpc) is 2.73. The number of allylic oxidation sites excluding steroid dienone is 2. The molecule has 2 bridgehead atoms. The molecule has 1 aromatic rings. The van der Waals surface area contributed by atoms with Crippen molar-refractivity contribution < 1.29 is 19.5 Å². The Bertz CT molecular complexity index is 808. The molecular formula is C22H26N2O4. The molecule has 4 atom stereocenters. The summed E-state index contributed by atoms with van der Waals surface area (Å²) in [5.41, 5.74) is 1.73. The number of carboxylic acids is 1. The molecule has 5 rings (SSSR count). The molecule has 1 aromatic carbocycles. The summed E-state index contributed by atoms with van der Waals surface area (Å²) in [6.07, 6.45) is 5.83. The molecule has 0 aromatic heterocycles. The molecule has 1 heterocycles. The Hall–Kier alpha value is -2.63. The molecule has 2 fully saturated rings. The summed E-state index contributed by atoms with van der Waals surface area (Å²) in [5.74, 6) is -1.78. The topological polar surface area (TPSA) is 77.9 Å². The Morgan fingerprint density at radius 2 is 1.46 bits per heavy atom. The molecule has 1 saturated heterocycles. The number of hydrogen-bond donors (Lipinski definition) is 1. The smallest absolute Gasteiger partial charge is 0.307 e. The van der Waals surface area contributed by atoms with Gasteiger partial charge in [-0.3, -0.25) is 14.4 Å². The van der Waals surface area contributed by atoms with Gasteiger partial charge in [0, 0.05) is 37.4 Å². The van der Waals surface area contributed by atoms with E-state index in [1.165, 1.54) is 0 Å². The van der Waals surface area contributed by atoms with E-state index in [0.29, 0.717) is 31.7 Å². The number of nitrogens with zero attached hydrogens (tertiary/aromatic N) is 2. The molecule has 148 valence electrons. The van der Waals surface area contributed by atoms with Crippen molar-refractivity contribution >= 4 is 23.3 Å². The summed E-state index contributed by atoms with van der Waals surface area (Å²) in [7, 11) is 0. The number of carbonyl (C=O) groups is 3.